The lowest BCUT2D eigenvalue weighted by Gasteiger charge is -1.99. The normalized spacial score (nSPS) is 11.0. The second kappa shape index (κ2) is 6.40. The van der Waals surface area contributed by atoms with Crippen molar-refractivity contribution in [2.75, 3.05) is 0 Å². The molecule has 0 atom stereocenters. The SMILES string of the molecule is Cn1nc(C(=O)OCc2nc(-c3cccc(F)c3)no2)c2ccccc21. The van der Waals surface area contributed by atoms with Crippen LogP contribution in [0.15, 0.2) is 53.1 Å². The van der Waals surface area contributed by atoms with Gasteiger partial charge in [0.05, 0.1) is 5.52 Å². The van der Waals surface area contributed by atoms with Crippen molar-refractivity contribution in [1.82, 2.24) is 19.9 Å². The maximum atomic E-state index is 13.3. The van der Waals surface area contributed by atoms with E-state index in [2.05, 4.69) is 15.2 Å². The number of aromatic nitrogens is 4. The molecule has 0 aliphatic heterocycles. The summed E-state index contributed by atoms with van der Waals surface area (Å²) in [4.78, 5) is 16.4. The highest BCUT2D eigenvalue weighted by Crippen LogP contribution is 2.20. The van der Waals surface area contributed by atoms with Crippen molar-refractivity contribution in [3.05, 3.63) is 65.9 Å². The van der Waals surface area contributed by atoms with Crippen molar-refractivity contribution in [2.24, 2.45) is 7.05 Å². The second-order valence-electron chi connectivity index (χ2n) is 5.59. The van der Waals surface area contributed by atoms with Crippen molar-refractivity contribution >= 4 is 16.9 Å². The predicted octanol–water partition coefficient (Wildman–Crippen LogP) is 3.12. The fraction of sp³-hybridized carbons (Fsp3) is 0.111. The van der Waals surface area contributed by atoms with Gasteiger partial charge in [0, 0.05) is 18.0 Å². The van der Waals surface area contributed by atoms with E-state index < -0.39 is 11.8 Å². The molecule has 0 saturated heterocycles. The first-order valence-electron chi connectivity index (χ1n) is 7.79. The molecule has 8 heteroatoms. The number of nitrogens with zero attached hydrogens (tertiary/aromatic N) is 4. The number of hydrogen-bond donors (Lipinski definition) is 0. The summed E-state index contributed by atoms with van der Waals surface area (Å²) < 4.78 is 25.2. The quantitative estimate of drug-likeness (QED) is 0.525. The van der Waals surface area contributed by atoms with E-state index in [0.717, 1.165) is 5.52 Å². The van der Waals surface area contributed by atoms with E-state index in [4.69, 9.17) is 9.26 Å². The highest BCUT2D eigenvalue weighted by molar-refractivity contribution is 6.02. The molecule has 0 aliphatic rings. The minimum Gasteiger partial charge on any atom is -0.451 e. The fourth-order valence-electron chi connectivity index (χ4n) is 2.62. The standard InChI is InChI=1S/C18H13FN4O3/c1-23-14-8-3-2-7-13(14)16(21-23)18(24)25-10-15-20-17(22-26-15)11-5-4-6-12(19)9-11/h2-9H,10H2,1H3. The molecule has 4 aromatic rings. The highest BCUT2D eigenvalue weighted by Gasteiger charge is 2.18. The van der Waals surface area contributed by atoms with Gasteiger partial charge in [-0.25, -0.2) is 9.18 Å². The summed E-state index contributed by atoms with van der Waals surface area (Å²) in [5, 5.41) is 8.67. The summed E-state index contributed by atoms with van der Waals surface area (Å²) in [6, 6.07) is 13.2. The van der Waals surface area contributed by atoms with E-state index >= 15 is 0 Å². The molecule has 2 aromatic carbocycles. The van der Waals surface area contributed by atoms with Gasteiger partial charge in [-0.2, -0.15) is 10.1 Å². The van der Waals surface area contributed by atoms with Crippen molar-refractivity contribution in [3.8, 4) is 11.4 Å². The van der Waals surface area contributed by atoms with E-state index in [1.807, 2.05) is 18.2 Å². The first-order valence-corrected chi connectivity index (χ1v) is 7.79. The van der Waals surface area contributed by atoms with E-state index in [9.17, 15) is 9.18 Å². The first kappa shape index (κ1) is 15.9. The number of para-hydroxylation sites is 1. The monoisotopic (exact) mass is 352 g/mol. The number of carbonyl (C=O) groups excluding carboxylic acids is 1. The van der Waals surface area contributed by atoms with Gasteiger partial charge in [-0.05, 0) is 18.2 Å². The minimum absolute atomic E-state index is 0.109. The lowest BCUT2D eigenvalue weighted by molar-refractivity contribution is 0.0424. The molecule has 130 valence electrons. The number of rotatable bonds is 4. The van der Waals surface area contributed by atoms with Crippen LogP contribution in [0.1, 0.15) is 16.4 Å². The molecule has 2 heterocycles. The number of esters is 1. The van der Waals surface area contributed by atoms with Crippen molar-refractivity contribution in [2.45, 2.75) is 6.61 Å². The molecule has 0 amide bonds. The number of hydrogen-bond acceptors (Lipinski definition) is 6. The molecule has 4 rings (SSSR count). The third kappa shape index (κ3) is 2.92. The Labute approximate surface area is 147 Å². The topological polar surface area (TPSA) is 83.0 Å². The van der Waals surface area contributed by atoms with E-state index in [0.29, 0.717) is 10.9 Å². The average molecular weight is 352 g/mol. The Balaban J connectivity index is 1.50. The first-order chi connectivity index (χ1) is 12.6. The van der Waals surface area contributed by atoms with Crippen LogP contribution in [0.3, 0.4) is 0 Å². The molecule has 0 unspecified atom stereocenters. The van der Waals surface area contributed by atoms with Gasteiger partial charge in [0.1, 0.15) is 5.82 Å². The van der Waals surface area contributed by atoms with Crippen molar-refractivity contribution in [1.29, 1.82) is 0 Å². The van der Waals surface area contributed by atoms with E-state index in [1.165, 1.54) is 12.1 Å². The van der Waals surface area contributed by atoms with Crippen molar-refractivity contribution in [3.63, 3.8) is 0 Å². The summed E-state index contributed by atoms with van der Waals surface area (Å²) in [6.07, 6.45) is 0. The number of halogens is 1. The molecular weight excluding hydrogens is 339 g/mol. The molecule has 0 aliphatic carbocycles. The molecule has 2 aromatic heterocycles. The van der Waals surface area contributed by atoms with E-state index in [1.54, 1.807) is 29.9 Å². The molecule has 0 fully saturated rings. The largest absolute Gasteiger partial charge is 0.451 e. The van der Waals surface area contributed by atoms with Crippen LogP contribution in [0, 0.1) is 5.82 Å². The van der Waals surface area contributed by atoms with Crippen LogP contribution < -0.4 is 0 Å². The lowest BCUT2D eigenvalue weighted by Crippen LogP contribution is -2.07. The van der Waals surface area contributed by atoms with Gasteiger partial charge in [-0.15, -0.1) is 0 Å². The molecule has 0 radical (unpaired) electrons. The minimum atomic E-state index is -0.590. The Kier molecular flexibility index (Phi) is 3.92. The molecule has 26 heavy (non-hydrogen) atoms. The number of carbonyl (C=O) groups is 1. The van der Waals surface area contributed by atoms with Crippen LogP contribution >= 0.6 is 0 Å². The Morgan fingerprint density at radius 2 is 2.08 bits per heavy atom. The van der Waals surface area contributed by atoms with Crippen LogP contribution in [0.25, 0.3) is 22.3 Å². The van der Waals surface area contributed by atoms with Gasteiger partial charge in [-0.3, -0.25) is 4.68 Å². The predicted molar refractivity (Wildman–Crippen MR) is 89.5 cm³/mol. The van der Waals surface area contributed by atoms with Crippen molar-refractivity contribution < 1.29 is 18.4 Å². The summed E-state index contributed by atoms with van der Waals surface area (Å²) in [6.45, 7) is -0.202. The third-order valence-electron chi connectivity index (χ3n) is 3.83. The zero-order valence-corrected chi connectivity index (χ0v) is 13.7. The Hall–Kier alpha value is -3.55. The molecule has 0 N–H and O–H groups in total. The van der Waals surface area contributed by atoms with Crippen LogP contribution in [0.2, 0.25) is 0 Å². The summed E-state index contributed by atoms with van der Waals surface area (Å²) >= 11 is 0. The van der Waals surface area contributed by atoms with E-state index in [-0.39, 0.29) is 24.0 Å². The summed E-state index contributed by atoms with van der Waals surface area (Å²) in [7, 11) is 1.75. The lowest BCUT2D eigenvalue weighted by atomic mass is 10.2. The molecule has 0 spiro atoms. The van der Waals surface area contributed by atoms with Gasteiger partial charge in [0.25, 0.3) is 5.89 Å². The zero-order chi connectivity index (χ0) is 18.1. The summed E-state index contributed by atoms with van der Waals surface area (Å²) in [5.41, 5.74) is 1.51. The second-order valence-corrected chi connectivity index (χ2v) is 5.59. The maximum Gasteiger partial charge on any atom is 0.360 e. The molecule has 7 nitrogen and oxygen atoms in total. The van der Waals surface area contributed by atoms with Crippen LogP contribution in [-0.4, -0.2) is 25.9 Å². The van der Waals surface area contributed by atoms with Crippen LogP contribution in [0.4, 0.5) is 4.39 Å². The number of aryl methyl sites for hydroxylation is 1. The third-order valence-corrected chi connectivity index (χ3v) is 3.83. The highest BCUT2D eigenvalue weighted by atomic mass is 19.1. The Morgan fingerprint density at radius 3 is 2.92 bits per heavy atom. The fourth-order valence-corrected chi connectivity index (χ4v) is 2.62. The maximum absolute atomic E-state index is 13.3. The smallest absolute Gasteiger partial charge is 0.360 e. The molecular formula is C18H13FN4O3. The Bertz CT molecular complexity index is 1100. The number of fused-ring (bicyclic) bond motifs is 1. The van der Waals surface area contributed by atoms with Gasteiger partial charge >= 0.3 is 5.97 Å². The summed E-state index contributed by atoms with van der Waals surface area (Å²) in [5.74, 6) is -0.661. The Morgan fingerprint density at radius 1 is 1.23 bits per heavy atom. The van der Waals surface area contributed by atoms with Gasteiger partial charge in [0.15, 0.2) is 12.3 Å². The molecule has 0 saturated carbocycles. The van der Waals surface area contributed by atoms with Gasteiger partial charge in [-0.1, -0.05) is 35.5 Å². The zero-order valence-electron chi connectivity index (χ0n) is 13.7. The van der Waals surface area contributed by atoms with Crippen LogP contribution in [0.5, 0.6) is 0 Å². The molecule has 0 bridgehead atoms. The van der Waals surface area contributed by atoms with Crippen LogP contribution in [-0.2, 0) is 18.4 Å². The van der Waals surface area contributed by atoms with Gasteiger partial charge < -0.3 is 9.26 Å². The average Bonchev–Trinajstić information content (AvgIpc) is 3.25. The number of benzene rings is 2. The van der Waals surface area contributed by atoms with Gasteiger partial charge in [0.2, 0.25) is 5.82 Å². The number of ether oxygens (including phenoxy) is 1.